The Kier molecular flexibility index (Phi) is 5.76. The highest BCUT2D eigenvalue weighted by Gasteiger charge is 2.25. The minimum atomic E-state index is 0.119. The molecular weight excluding hydrogens is 440 g/mol. The first kappa shape index (κ1) is 21.2. The van der Waals surface area contributed by atoms with Crippen molar-refractivity contribution in [1.82, 2.24) is 19.6 Å². The molecule has 7 heteroatoms. The summed E-state index contributed by atoms with van der Waals surface area (Å²) in [5.41, 5.74) is 4.42. The van der Waals surface area contributed by atoms with Gasteiger partial charge in [0, 0.05) is 43.1 Å². The summed E-state index contributed by atoms with van der Waals surface area (Å²) in [7, 11) is 0. The van der Waals surface area contributed by atoms with Crippen LogP contribution in [-0.2, 0) is 6.54 Å². The van der Waals surface area contributed by atoms with Gasteiger partial charge in [-0.2, -0.15) is 5.10 Å². The lowest BCUT2D eigenvalue weighted by atomic mass is 10.2. The molecule has 164 valence electrons. The maximum absolute atomic E-state index is 13.3. The molecule has 3 heterocycles. The van der Waals surface area contributed by atoms with Crippen molar-refractivity contribution in [3.8, 4) is 5.69 Å². The predicted molar refractivity (Wildman–Crippen MR) is 131 cm³/mol. The number of hydrogen-bond acceptors (Lipinski definition) is 4. The number of hydrogen-bond donors (Lipinski definition) is 0. The molecule has 0 saturated carbocycles. The minimum absolute atomic E-state index is 0.119. The van der Waals surface area contributed by atoms with E-state index < -0.39 is 0 Å². The van der Waals surface area contributed by atoms with Gasteiger partial charge in [-0.05, 0) is 49.2 Å². The molecule has 0 atom stereocenters. The number of fused-ring (bicyclic) bond motifs is 1. The maximum atomic E-state index is 13.3. The van der Waals surface area contributed by atoms with Crippen LogP contribution in [0.15, 0.2) is 54.6 Å². The second kappa shape index (κ2) is 8.70. The highest BCUT2D eigenvalue weighted by molar-refractivity contribution is 7.20. The topological polar surface area (TPSA) is 41.4 Å². The van der Waals surface area contributed by atoms with Crippen LogP contribution in [-0.4, -0.2) is 51.7 Å². The van der Waals surface area contributed by atoms with Crippen molar-refractivity contribution in [2.75, 3.05) is 26.2 Å². The van der Waals surface area contributed by atoms with Gasteiger partial charge in [-0.3, -0.25) is 9.69 Å². The number of benzene rings is 2. The number of carbonyl (C=O) groups excluding carboxylic acids is 1. The van der Waals surface area contributed by atoms with E-state index in [1.54, 1.807) is 0 Å². The van der Waals surface area contributed by atoms with E-state index in [9.17, 15) is 4.79 Å². The van der Waals surface area contributed by atoms with Gasteiger partial charge in [0.1, 0.15) is 4.83 Å². The van der Waals surface area contributed by atoms with Crippen molar-refractivity contribution in [3.63, 3.8) is 0 Å². The SMILES string of the molecule is Cc1ccccc1-n1nc(C)c2cc(C(=O)N3CCN(Cc4ccc(Cl)cc4)CC3)sc21. The molecule has 1 aliphatic rings. The molecule has 0 bridgehead atoms. The van der Waals surface area contributed by atoms with E-state index >= 15 is 0 Å². The molecule has 0 aliphatic carbocycles. The van der Waals surface area contributed by atoms with E-state index in [1.807, 2.05) is 46.8 Å². The van der Waals surface area contributed by atoms with Crippen LogP contribution < -0.4 is 0 Å². The Morgan fingerprint density at radius 1 is 1.03 bits per heavy atom. The molecule has 1 amide bonds. The van der Waals surface area contributed by atoms with Crippen LogP contribution >= 0.6 is 22.9 Å². The van der Waals surface area contributed by atoms with Crippen LogP contribution in [0.5, 0.6) is 0 Å². The van der Waals surface area contributed by atoms with Crippen molar-refractivity contribution >= 4 is 39.1 Å². The van der Waals surface area contributed by atoms with E-state index in [0.717, 1.165) is 69.8 Å². The largest absolute Gasteiger partial charge is 0.335 e. The zero-order valence-corrected chi connectivity index (χ0v) is 19.8. The van der Waals surface area contributed by atoms with Gasteiger partial charge >= 0.3 is 0 Å². The average molecular weight is 465 g/mol. The summed E-state index contributed by atoms with van der Waals surface area (Å²) in [6, 6.07) is 18.2. The third kappa shape index (κ3) is 4.06. The summed E-state index contributed by atoms with van der Waals surface area (Å²) < 4.78 is 1.98. The van der Waals surface area contributed by atoms with Crippen LogP contribution in [0.25, 0.3) is 15.9 Å². The zero-order chi connectivity index (χ0) is 22.2. The second-order valence-electron chi connectivity index (χ2n) is 8.31. The van der Waals surface area contributed by atoms with Crippen molar-refractivity contribution < 1.29 is 4.79 Å². The predicted octanol–water partition coefficient (Wildman–Crippen LogP) is 5.32. The van der Waals surface area contributed by atoms with Crippen molar-refractivity contribution in [2.45, 2.75) is 20.4 Å². The van der Waals surface area contributed by atoms with E-state index in [1.165, 1.54) is 16.9 Å². The molecule has 1 fully saturated rings. The number of thiophene rings is 1. The molecule has 2 aromatic heterocycles. The van der Waals surface area contributed by atoms with Gasteiger partial charge in [-0.15, -0.1) is 11.3 Å². The van der Waals surface area contributed by atoms with Crippen LogP contribution in [0, 0.1) is 13.8 Å². The van der Waals surface area contributed by atoms with Crippen LogP contribution in [0.2, 0.25) is 5.02 Å². The van der Waals surface area contributed by atoms with Gasteiger partial charge in [0.2, 0.25) is 0 Å². The number of rotatable bonds is 4. The standard InChI is InChI=1S/C25H25ClN4OS/c1-17-5-3-4-6-22(17)30-25-21(18(2)27-30)15-23(32-25)24(31)29-13-11-28(12-14-29)16-19-7-9-20(26)10-8-19/h3-10,15H,11-14,16H2,1-2H3. The Hall–Kier alpha value is -2.67. The van der Waals surface area contributed by atoms with Gasteiger partial charge in [0.05, 0.1) is 16.3 Å². The van der Waals surface area contributed by atoms with E-state index in [4.69, 9.17) is 16.7 Å². The number of amides is 1. The van der Waals surface area contributed by atoms with Crippen molar-refractivity contribution in [1.29, 1.82) is 0 Å². The van der Waals surface area contributed by atoms with Gasteiger partial charge in [0.15, 0.2) is 0 Å². The molecule has 1 aliphatic heterocycles. The van der Waals surface area contributed by atoms with Crippen LogP contribution in [0.1, 0.15) is 26.5 Å². The fourth-order valence-corrected chi connectivity index (χ4v) is 5.50. The van der Waals surface area contributed by atoms with Gasteiger partial charge in [-0.1, -0.05) is 41.9 Å². The normalized spacial score (nSPS) is 14.9. The summed E-state index contributed by atoms with van der Waals surface area (Å²) in [6.07, 6.45) is 0. The van der Waals surface area contributed by atoms with Gasteiger partial charge < -0.3 is 4.90 Å². The summed E-state index contributed by atoms with van der Waals surface area (Å²) in [4.78, 5) is 19.4. The molecule has 5 nitrogen and oxygen atoms in total. The molecule has 4 aromatic rings. The van der Waals surface area contributed by atoms with Crippen LogP contribution in [0.3, 0.4) is 0 Å². The number of para-hydroxylation sites is 1. The quantitative estimate of drug-likeness (QED) is 0.410. The van der Waals surface area contributed by atoms with Crippen molar-refractivity contribution in [3.05, 3.63) is 81.3 Å². The number of halogens is 1. The molecule has 0 spiro atoms. The Balaban J connectivity index is 1.31. The first-order valence-electron chi connectivity index (χ1n) is 10.8. The zero-order valence-electron chi connectivity index (χ0n) is 18.2. The first-order chi connectivity index (χ1) is 15.5. The summed E-state index contributed by atoms with van der Waals surface area (Å²) >= 11 is 7.53. The third-order valence-electron chi connectivity index (χ3n) is 6.08. The number of piperazine rings is 1. The van der Waals surface area contributed by atoms with E-state index in [2.05, 4.69) is 36.1 Å². The molecular formula is C25H25ClN4OS. The lowest BCUT2D eigenvalue weighted by Gasteiger charge is -2.34. The lowest BCUT2D eigenvalue weighted by Crippen LogP contribution is -2.48. The Labute approximate surface area is 196 Å². The minimum Gasteiger partial charge on any atom is -0.335 e. The Morgan fingerprint density at radius 3 is 2.47 bits per heavy atom. The molecule has 5 rings (SSSR count). The maximum Gasteiger partial charge on any atom is 0.264 e. The fraction of sp³-hybridized carbons (Fsp3) is 0.280. The van der Waals surface area contributed by atoms with Gasteiger partial charge in [0.25, 0.3) is 5.91 Å². The Bertz CT molecular complexity index is 1270. The smallest absolute Gasteiger partial charge is 0.264 e. The molecule has 0 radical (unpaired) electrons. The highest BCUT2D eigenvalue weighted by atomic mass is 35.5. The summed E-state index contributed by atoms with van der Waals surface area (Å²) in [5.74, 6) is 0.119. The number of aryl methyl sites for hydroxylation is 2. The molecule has 0 N–H and O–H groups in total. The second-order valence-corrected chi connectivity index (χ2v) is 9.78. The van der Waals surface area contributed by atoms with Gasteiger partial charge in [-0.25, -0.2) is 4.68 Å². The Morgan fingerprint density at radius 2 is 1.75 bits per heavy atom. The third-order valence-corrected chi connectivity index (χ3v) is 7.43. The first-order valence-corrected chi connectivity index (χ1v) is 12.0. The molecule has 32 heavy (non-hydrogen) atoms. The molecule has 2 aromatic carbocycles. The van der Waals surface area contributed by atoms with Crippen LogP contribution in [0.4, 0.5) is 0 Å². The lowest BCUT2D eigenvalue weighted by molar-refractivity contribution is 0.0633. The number of nitrogens with zero attached hydrogens (tertiary/aromatic N) is 4. The summed E-state index contributed by atoms with van der Waals surface area (Å²) in [6.45, 7) is 8.19. The molecule has 1 saturated heterocycles. The van der Waals surface area contributed by atoms with E-state index in [-0.39, 0.29) is 5.91 Å². The average Bonchev–Trinajstić information content (AvgIpc) is 3.36. The summed E-state index contributed by atoms with van der Waals surface area (Å²) in [5, 5.41) is 6.55. The monoisotopic (exact) mass is 464 g/mol. The fourth-order valence-electron chi connectivity index (χ4n) is 4.23. The van der Waals surface area contributed by atoms with Crippen molar-refractivity contribution in [2.24, 2.45) is 0 Å². The number of carbonyl (C=O) groups is 1. The van der Waals surface area contributed by atoms with E-state index in [0.29, 0.717) is 0 Å². The highest BCUT2D eigenvalue weighted by Crippen LogP contribution is 2.32. The number of aromatic nitrogens is 2. The molecule has 0 unspecified atom stereocenters.